The Morgan fingerprint density at radius 1 is 1.20 bits per heavy atom. The van der Waals surface area contributed by atoms with Gasteiger partial charge >= 0.3 is 6.18 Å². The molecule has 0 heterocycles. The van der Waals surface area contributed by atoms with Crippen LogP contribution >= 0.6 is 0 Å². The van der Waals surface area contributed by atoms with Crippen LogP contribution < -0.4 is 0 Å². The first-order valence-corrected chi connectivity index (χ1v) is 5.74. The van der Waals surface area contributed by atoms with Gasteiger partial charge in [-0.1, -0.05) is 25.5 Å². The average Bonchev–Trinajstić information content (AvgIpc) is 2.18. The highest BCUT2D eigenvalue weighted by Gasteiger charge is 2.24. The minimum atomic E-state index is -3.95. The third-order valence-corrected chi connectivity index (χ3v) is 2.37. The van der Waals surface area contributed by atoms with Crippen molar-refractivity contribution >= 4 is 0 Å². The monoisotopic (exact) mass is 222 g/mol. The Labute approximate surface area is 90.6 Å². The second-order valence-electron chi connectivity index (χ2n) is 3.83. The van der Waals surface area contributed by atoms with Crippen LogP contribution in [-0.2, 0) is 0 Å². The molecule has 0 aromatic rings. The minimum absolute atomic E-state index is 0.184. The molecule has 0 unspecified atom stereocenters. The second-order valence-corrected chi connectivity index (χ2v) is 3.83. The van der Waals surface area contributed by atoms with E-state index in [0.717, 1.165) is 0 Å². The highest BCUT2D eigenvalue weighted by atomic mass is 19.4. The highest BCUT2D eigenvalue weighted by molar-refractivity contribution is 5.03. The molecule has 90 valence electrons. The molecule has 0 saturated carbocycles. The van der Waals surface area contributed by atoms with Crippen molar-refractivity contribution in [2.75, 3.05) is 0 Å². The molecule has 0 fully saturated rings. The molecule has 0 atom stereocenters. The van der Waals surface area contributed by atoms with Crippen molar-refractivity contribution in [3.8, 4) is 0 Å². The summed E-state index contributed by atoms with van der Waals surface area (Å²) >= 11 is 0. The summed E-state index contributed by atoms with van der Waals surface area (Å²) < 4.78 is 33.2. The number of hydrogen-bond donors (Lipinski definition) is 0. The number of hydrogen-bond acceptors (Lipinski definition) is 0. The molecule has 1 rings (SSSR count). The maximum atomic E-state index is 11.1. The van der Waals surface area contributed by atoms with Crippen LogP contribution in [0.1, 0.15) is 58.8 Å². The van der Waals surface area contributed by atoms with Gasteiger partial charge in [-0.05, 0) is 38.5 Å². The molecule has 0 bridgehead atoms. The maximum Gasteiger partial charge on any atom is 0.389 e. The van der Waals surface area contributed by atoms with Crippen LogP contribution in [0.5, 0.6) is 0 Å². The van der Waals surface area contributed by atoms with Crippen molar-refractivity contribution < 1.29 is 13.2 Å². The quantitative estimate of drug-likeness (QED) is 0.560. The SMILES string of the molecule is CCC1=CCCCC1.CCCC(F)(F)F. The van der Waals surface area contributed by atoms with Gasteiger partial charge in [-0.15, -0.1) is 0 Å². The Morgan fingerprint density at radius 3 is 2.07 bits per heavy atom. The van der Waals surface area contributed by atoms with Gasteiger partial charge < -0.3 is 0 Å². The van der Waals surface area contributed by atoms with Gasteiger partial charge in [0.05, 0.1) is 0 Å². The summed E-state index contributed by atoms with van der Waals surface area (Å²) in [5, 5.41) is 0. The van der Waals surface area contributed by atoms with E-state index in [1.54, 1.807) is 5.57 Å². The van der Waals surface area contributed by atoms with Crippen molar-refractivity contribution in [3.63, 3.8) is 0 Å². The summed E-state index contributed by atoms with van der Waals surface area (Å²) in [4.78, 5) is 0. The summed E-state index contributed by atoms with van der Waals surface area (Å²) in [6.07, 6.45) is 4.82. The van der Waals surface area contributed by atoms with Gasteiger partial charge in [-0.25, -0.2) is 0 Å². The van der Waals surface area contributed by atoms with Gasteiger partial charge in [-0.3, -0.25) is 0 Å². The summed E-state index contributed by atoms with van der Waals surface area (Å²) in [5.74, 6) is 0. The number of allylic oxidation sites excluding steroid dienone is 2. The molecule has 0 N–H and O–H groups in total. The summed E-state index contributed by atoms with van der Waals surface area (Å²) in [6, 6.07) is 0. The van der Waals surface area contributed by atoms with Crippen molar-refractivity contribution in [3.05, 3.63) is 11.6 Å². The predicted octanol–water partition coefficient (Wildman–Crippen LogP) is 5.25. The second kappa shape index (κ2) is 7.77. The fraction of sp³-hybridized carbons (Fsp3) is 0.833. The third kappa shape index (κ3) is 9.83. The lowest BCUT2D eigenvalue weighted by molar-refractivity contribution is -0.134. The summed E-state index contributed by atoms with van der Waals surface area (Å²) in [7, 11) is 0. The van der Waals surface area contributed by atoms with E-state index in [4.69, 9.17) is 0 Å². The largest absolute Gasteiger partial charge is 0.389 e. The molecular weight excluding hydrogens is 201 g/mol. The van der Waals surface area contributed by atoms with Crippen molar-refractivity contribution in [1.82, 2.24) is 0 Å². The molecular formula is C12H21F3. The first-order chi connectivity index (χ1) is 6.99. The van der Waals surface area contributed by atoms with Crippen LogP contribution in [0.2, 0.25) is 0 Å². The van der Waals surface area contributed by atoms with E-state index >= 15 is 0 Å². The van der Waals surface area contributed by atoms with Gasteiger partial charge in [0, 0.05) is 6.42 Å². The van der Waals surface area contributed by atoms with Crippen LogP contribution in [0.3, 0.4) is 0 Å². The molecule has 3 heteroatoms. The van der Waals surface area contributed by atoms with Crippen LogP contribution in [-0.4, -0.2) is 6.18 Å². The lowest BCUT2D eigenvalue weighted by atomic mass is 9.98. The van der Waals surface area contributed by atoms with Crippen LogP contribution in [0, 0.1) is 0 Å². The Kier molecular flexibility index (Phi) is 7.53. The van der Waals surface area contributed by atoms with Gasteiger partial charge in [0.25, 0.3) is 0 Å². The van der Waals surface area contributed by atoms with Gasteiger partial charge in [0.2, 0.25) is 0 Å². The lowest BCUT2D eigenvalue weighted by Crippen LogP contribution is -2.04. The van der Waals surface area contributed by atoms with E-state index in [-0.39, 0.29) is 6.42 Å². The van der Waals surface area contributed by atoms with E-state index in [1.165, 1.54) is 39.0 Å². The van der Waals surface area contributed by atoms with Crippen LogP contribution in [0.4, 0.5) is 13.2 Å². The molecule has 0 nitrogen and oxygen atoms in total. The Hall–Kier alpha value is -0.470. The van der Waals surface area contributed by atoms with Crippen LogP contribution in [0.15, 0.2) is 11.6 Å². The fourth-order valence-electron chi connectivity index (χ4n) is 1.51. The molecule has 0 saturated heterocycles. The zero-order valence-electron chi connectivity index (χ0n) is 9.66. The van der Waals surface area contributed by atoms with Crippen molar-refractivity contribution in [2.24, 2.45) is 0 Å². The molecule has 1 aliphatic rings. The zero-order chi connectivity index (χ0) is 11.7. The van der Waals surface area contributed by atoms with Crippen LogP contribution in [0.25, 0.3) is 0 Å². The molecule has 0 aromatic heterocycles. The maximum absolute atomic E-state index is 11.1. The lowest BCUT2D eigenvalue weighted by Gasteiger charge is -2.08. The Morgan fingerprint density at radius 2 is 1.87 bits per heavy atom. The molecule has 0 radical (unpaired) electrons. The first kappa shape index (κ1) is 14.5. The number of halogens is 3. The minimum Gasteiger partial charge on any atom is -0.171 e. The fourth-order valence-corrected chi connectivity index (χ4v) is 1.51. The third-order valence-electron chi connectivity index (χ3n) is 2.37. The summed E-state index contributed by atoms with van der Waals surface area (Å²) in [6.45, 7) is 3.75. The standard InChI is InChI=1S/C8H14.C4H7F3/c1-2-8-6-4-3-5-7-8;1-2-3-4(5,6)7/h6H,2-5,7H2,1H3;2-3H2,1H3. The molecule has 1 aliphatic carbocycles. The first-order valence-electron chi connectivity index (χ1n) is 5.74. The van der Waals surface area contributed by atoms with E-state index < -0.39 is 12.6 Å². The van der Waals surface area contributed by atoms with Crippen molar-refractivity contribution in [2.45, 2.75) is 65.0 Å². The topological polar surface area (TPSA) is 0 Å². The zero-order valence-corrected chi connectivity index (χ0v) is 9.66. The highest BCUT2D eigenvalue weighted by Crippen LogP contribution is 2.20. The van der Waals surface area contributed by atoms with Gasteiger partial charge in [0.1, 0.15) is 0 Å². The molecule has 0 aromatic carbocycles. The number of alkyl halides is 3. The van der Waals surface area contributed by atoms with Gasteiger partial charge in [-0.2, -0.15) is 13.2 Å². The normalized spacial score (nSPS) is 16.5. The average molecular weight is 222 g/mol. The smallest absolute Gasteiger partial charge is 0.171 e. The molecule has 0 aliphatic heterocycles. The molecule has 0 spiro atoms. The van der Waals surface area contributed by atoms with E-state index in [9.17, 15) is 13.2 Å². The van der Waals surface area contributed by atoms with E-state index in [2.05, 4.69) is 13.0 Å². The summed E-state index contributed by atoms with van der Waals surface area (Å²) in [5.41, 5.74) is 1.68. The Balaban J connectivity index is 0.000000265. The van der Waals surface area contributed by atoms with E-state index in [0.29, 0.717) is 0 Å². The van der Waals surface area contributed by atoms with E-state index in [1.807, 2.05) is 0 Å². The Bertz CT molecular complexity index is 180. The van der Waals surface area contributed by atoms with Crippen molar-refractivity contribution in [1.29, 1.82) is 0 Å². The number of rotatable bonds is 2. The molecule has 0 amide bonds. The predicted molar refractivity (Wildman–Crippen MR) is 57.8 cm³/mol. The molecule has 15 heavy (non-hydrogen) atoms. The van der Waals surface area contributed by atoms with Gasteiger partial charge in [0.15, 0.2) is 0 Å².